The van der Waals surface area contributed by atoms with Gasteiger partial charge in [-0.05, 0) is 34.6 Å². The second-order valence-electron chi connectivity index (χ2n) is 7.52. The summed E-state index contributed by atoms with van der Waals surface area (Å²) in [5, 5.41) is 4.37. The van der Waals surface area contributed by atoms with Crippen molar-refractivity contribution in [2.24, 2.45) is 0 Å². The van der Waals surface area contributed by atoms with Crippen LogP contribution in [0.1, 0.15) is 13.8 Å². The maximum atomic E-state index is 6.49. The summed E-state index contributed by atoms with van der Waals surface area (Å²) in [6.07, 6.45) is 0. The van der Waals surface area contributed by atoms with Crippen molar-refractivity contribution in [2.45, 2.75) is 13.8 Å². The maximum Gasteiger partial charge on any atom is 0.407 e. The minimum Gasteiger partial charge on any atom is -0.388 e. The molecule has 0 amide bonds. The van der Waals surface area contributed by atoms with E-state index in [4.69, 9.17) is 31.0 Å². The van der Waals surface area contributed by atoms with Gasteiger partial charge >= 0.3 is 15.3 Å². The van der Waals surface area contributed by atoms with Gasteiger partial charge in [-0.2, -0.15) is 0 Å². The van der Waals surface area contributed by atoms with Crippen molar-refractivity contribution in [3.8, 4) is 0 Å². The molecule has 0 fully saturated rings. The van der Waals surface area contributed by atoms with Crippen LogP contribution in [0.3, 0.4) is 0 Å². The highest BCUT2D eigenvalue weighted by Gasteiger charge is 2.41. The molecule has 0 unspecified atom stereocenters. The minimum absolute atomic E-state index is 0.649. The molecule has 0 aliphatic rings. The summed E-state index contributed by atoms with van der Waals surface area (Å²) in [6.45, 7) is 2.83. The van der Waals surface area contributed by atoms with Crippen LogP contribution in [-0.4, -0.2) is 28.5 Å². The second kappa shape index (κ2) is 13.0. The number of hydrogen-bond donors (Lipinski definition) is 0. The lowest BCUT2D eigenvalue weighted by atomic mass is 10.4. The van der Waals surface area contributed by atoms with Crippen molar-refractivity contribution in [3.05, 3.63) is 121 Å². The van der Waals surface area contributed by atoms with E-state index in [9.17, 15) is 0 Å². The molecule has 4 rings (SSSR count). The summed E-state index contributed by atoms with van der Waals surface area (Å²) in [7, 11) is -2.55. The smallest absolute Gasteiger partial charge is 0.388 e. The van der Waals surface area contributed by atoms with Gasteiger partial charge in [0.2, 0.25) is 0 Å². The van der Waals surface area contributed by atoms with Gasteiger partial charge in [0.25, 0.3) is 0 Å². The zero-order chi connectivity index (χ0) is 24.3. The van der Waals surface area contributed by atoms with Gasteiger partial charge in [0.05, 0.1) is 0 Å². The van der Waals surface area contributed by atoms with E-state index < -0.39 is 15.3 Å². The molecule has 0 aromatic heterocycles. The SMILES string of the molecule is CCO[Si](OCC)(c1ccccc1)c1ccccc1.Cl[Si](Cl)(c1ccccc1)c1ccccc1. The lowest BCUT2D eigenvalue weighted by molar-refractivity contribution is 0.208. The van der Waals surface area contributed by atoms with E-state index in [1.54, 1.807) is 0 Å². The van der Waals surface area contributed by atoms with Crippen LogP contribution >= 0.6 is 22.2 Å². The Labute approximate surface area is 214 Å². The van der Waals surface area contributed by atoms with Crippen LogP contribution in [0, 0.1) is 0 Å². The van der Waals surface area contributed by atoms with Gasteiger partial charge in [-0.3, -0.25) is 0 Å². The Kier molecular flexibility index (Phi) is 10.1. The Morgan fingerprint density at radius 2 is 0.735 bits per heavy atom. The molecule has 34 heavy (non-hydrogen) atoms. The molecular formula is C28H30Cl2O2Si2. The fraction of sp³-hybridized carbons (Fsp3) is 0.143. The van der Waals surface area contributed by atoms with Crippen LogP contribution in [0.5, 0.6) is 0 Å². The summed E-state index contributed by atoms with van der Waals surface area (Å²) in [4.78, 5) is 0. The highest BCUT2D eigenvalue weighted by molar-refractivity contribution is 7.56. The third kappa shape index (κ3) is 6.48. The molecule has 0 saturated heterocycles. The van der Waals surface area contributed by atoms with E-state index in [1.807, 2.05) is 111 Å². The van der Waals surface area contributed by atoms with E-state index in [0.717, 1.165) is 20.7 Å². The van der Waals surface area contributed by atoms with Crippen LogP contribution in [-0.2, 0) is 8.85 Å². The molecule has 0 aliphatic heterocycles. The molecule has 0 radical (unpaired) electrons. The Hall–Kier alpha value is -2.19. The molecule has 176 valence electrons. The predicted molar refractivity (Wildman–Crippen MR) is 151 cm³/mol. The minimum atomic E-state index is -2.55. The van der Waals surface area contributed by atoms with Gasteiger partial charge in [0.15, 0.2) is 0 Å². The summed E-state index contributed by atoms with van der Waals surface area (Å²) in [5.74, 6) is 0. The molecule has 4 aromatic carbocycles. The fourth-order valence-electron chi connectivity index (χ4n) is 3.72. The Morgan fingerprint density at radius 1 is 0.471 bits per heavy atom. The Morgan fingerprint density at radius 3 is 1.00 bits per heavy atom. The number of benzene rings is 4. The molecule has 0 aliphatic carbocycles. The van der Waals surface area contributed by atoms with Crippen LogP contribution in [0.2, 0.25) is 0 Å². The highest BCUT2D eigenvalue weighted by atomic mass is 35.7. The van der Waals surface area contributed by atoms with Crippen molar-refractivity contribution in [1.29, 1.82) is 0 Å². The van der Waals surface area contributed by atoms with Crippen LogP contribution in [0.25, 0.3) is 0 Å². The number of rotatable bonds is 8. The Balaban J connectivity index is 0.000000196. The Bertz CT molecular complexity index is 1010. The molecule has 6 heteroatoms. The van der Waals surface area contributed by atoms with Crippen molar-refractivity contribution >= 4 is 58.2 Å². The molecule has 2 nitrogen and oxygen atoms in total. The first-order valence-electron chi connectivity index (χ1n) is 11.4. The van der Waals surface area contributed by atoms with Crippen LogP contribution in [0.4, 0.5) is 0 Å². The first kappa shape index (κ1) is 26.4. The largest absolute Gasteiger partial charge is 0.407 e. The monoisotopic (exact) mass is 524 g/mol. The maximum absolute atomic E-state index is 6.49. The topological polar surface area (TPSA) is 18.5 Å². The zero-order valence-corrected chi connectivity index (χ0v) is 23.0. The third-order valence-electron chi connectivity index (χ3n) is 5.28. The number of hydrogen-bond acceptors (Lipinski definition) is 2. The average molecular weight is 526 g/mol. The van der Waals surface area contributed by atoms with Crippen molar-refractivity contribution in [3.63, 3.8) is 0 Å². The lowest BCUT2D eigenvalue weighted by Crippen LogP contribution is -2.63. The van der Waals surface area contributed by atoms with Crippen molar-refractivity contribution < 1.29 is 8.85 Å². The molecule has 0 N–H and O–H groups in total. The fourth-order valence-corrected chi connectivity index (χ4v) is 9.95. The zero-order valence-electron chi connectivity index (χ0n) is 19.5. The van der Waals surface area contributed by atoms with Gasteiger partial charge in [-0.15, -0.1) is 22.2 Å². The molecule has 0 saturated carbocycles. The third-order valence-corrected chi connectivity index (χ3v) is 13.6. The molecular weight excluding hydrogens is 495 g/mol. The standard InChI is InChI=1S/C16H20O2Si.C12H10Cl2Si/c1-3-17-19(18-4-2,15-11-7-5-8-12-15)16-13-9-6-10-14-16;13-15(14,11-7-3-1-4-8-11)12-9-5-2-6-10-12/h5-14H,3-4H2,1-2H3;1-10H. The quantitative estimate of drug-likeness (QED) is 0.237. The van der Waals surface area contributed by atoms with E-state index in [0.29, 0.717) is 13.2 Å². The van der Waals surface area contributed by atoms with Gasteiger partial charge in [-0.1, -0.05) is 121 Å². The molecule has 0 spiro atoms. The second-order valence-corrected chi connectivity index (χ2v) is 16.8. The van der Waals surface area contributed by atoms with Gasteiger partial charge in [-0.25, -0.2) is 0 Å². The normalized spacial score (nSPS) is 11.4. The summed E-state index contributed by atoms with van der Waals surface area (Å²) < 4.78 is 12.3. The first-order chi connectivity index (χ1) is 16.5. The molecule has 0 atom stereocenters. The molecule has 4 aromatic rings. The number of halogens is 2. The molecule has 0 heterocycles. The van der Waals surface area contributed by atoms with Crippen LogP contribution in [0.15, 0.2) is 121 Å². The van der Waals surface area contributed by atoms with E-state index >= 15 is 0 Å². The lowest BCUT2D eigenvalue weighted by Gasteiger charge is -2.30. The van der Waals surface area contributed by atoms with Gasteiger partial charge < -0.3 is 8.85 Å². The van der Waals surface area contributed by atoms with Gasteiger partial charge in [0, 0.05) is 13.2 Å². The summed E-state index contributed by atoms with van der Waals surface area (Å²) in [5.41, 5.74) is 0. The highest BCUT2D eigenvalue weighted by Crippen LogP contribution is 2.15. The first-order valence-corrected chi connectivity index (χ1v) is 17.3. The predicted octanol–water partition coefficient (Wildman–Crippen LogP) is 5.04. The van der Waals surface area contributed by atoms with E-state index in [2.05, 4.69) is 24.3 Å². The average Bonchev–Trinajstić information content (AvgIpc) is 2.91. The summed E-state index contributed by atoms with van der Waals surface area (Å²) in [6, 6.07) is 40.3. The summed E-state index contributed by atoms with van der Waals surface area (Å²) >= 11 is 13.0. The molecule has 0 bridgehead atoms. The van der Waals surface area contributed by atoms with Crippen LogP contribution < -0.4 is 20.7 Å². The van der Waals surface area contributed by atoms with E-state index in [1.165, 1.54) is 0 Å². The van der Waals surface area contributed by atoms with Gasteiger partial charge in [0.1, 0.15) is 0 Å². The van der Waals surface area contributed by atoms with Crippen molar-refractivity contribution in [1.82, 2.24) is 0 Å². The van der Waals surface area contributed by atoms with Crippen molar-refractivity contribution in [2.75, 3.05) is 13.2 Å². The van der Waals surface area contributed by atoms with E-state index in [-0.39, 0.29) is 0 Å².